The molecule has 0 fully saturated rings. The summed E-state index contributed by atoms with van der Waals surface area (Å²) in [6.45, 7) is 2.04. The van der Waals surface area contributed by atoms with Gasteiger partial charge in [0.2, 0.25) is 0 Å². The average molecular weight is 204 g/mol. The summed E-state index contributed by atoms with van der Waals surface area (Å²) in [7, 11) is 0. The van der Waals surface area contributed by atoms with Gasteiger partial charge in [0.15, 0.2) is 0 Å². The van der Waals surface area contributed by atoms with Crippen LogP contribution in [0.3, 0.4) is 0 Å². The maximum absolute atomic E-state index is 10.5. The fourth-order valence-electron chi connectivity index (χ4n) is 1.54. The molecule has 0 aliphatic rings. The van der Waals surface area contributed by atoms with Crippen LogP contribution in [0.5, 0.6) is 0 Å². The summed E-state index contributed by atoms with van der Waals surface area (Å²) in [5, 5.41) is 8.67. The van der Waals surface area contributed by atoms with E-state index in [9.17, 15) is 4.79 Å². The highest BCUT2D eigenvalue weighted by Gasteiger charge is 2.03. The van der Waals surface area contributed by atoms with Crippen molar-refractivity contribution in [2.24, 2.45) is 0 Å². The van der Waals surface area contributed by atoms with Crippen LogP contribution in [0.4, 0.5) is 0 Å². The first-order valence-corrected chi connectivity index (χ1v) is 4.87. The van der Waals surface area contributed by atoms with Crippen LogP contribution < -0.4 is 0 Å². The van der Waals surface area contributed by atoms with Gasteiger partial charge in [0.25, 0.3) is 0 Å². The third-order valence-electron chi connectivity index (χ3n) is 2.28. The molecule has 4 nitrogen and oxygen atoms in total. The maximum atomic E-state index is 10.5. The lowest BCUT2D eigenvalue weighted by Crippen LogP contribution is -2.00. The topological polar surface area (TPSA) is 54.6 Å². The number of aliphatic carboxylic acids is 1. The Labute approximate surface area is 87.2 Å². The van der Waals surface area contributed by atoms with Crippen LogP contribution in [0.25, 0.3) is 5.65 Å². The number of imidazole rings is 1. The second-order valence-electron chi connectivity index (χ2n) is 3.46. The molecule has 0 amide bonds. The summed E-state index contributed by atoms with van der Waals surface area (Å²) in [6, 6.07) is 3.65. The van der Waals surface area contributed by atoms with Gasteiger partial charge in [-0.05, 0) is 18.1 Å². The number of pyridine rings is 1. The number of hydrogen-bond donors (Lipinski definition) is 1. The number of carbonyl (C=O) groups is 1. The Morgan fingerprint density at radius 1 is 1.47 bits per heavy atom. The lowest BCUT2D eigenvalue weighted by atomic mass is 10.2. The molecule has 0 aliphatic carbocycles. The monoisotopic (exact) mass is 204 g/mol. The van der Waals surface area contributed by atoms with Crippen molar-refractivity contribution in [1.29, 1.82) is 0 Å². The minimum absolute atomic E-state index is 0.0512. The zero-order chi connectivity index (χ0) is 10.8. The van der Waals surface area contributed by atoms with Crippen LogP contribution in [-0.2, 0) is 17.6 Å². The van der Waals surface area contributed by atoms with Gasteiger partial charge < -0.3 is 9.51 Å². The van der Waals surface area contributed by atoms with E-state index in [4.69, 9.17) is 5.11 Å². The molecular formula is C11H12N2O2. The second-order valence-corrected chi connectivity index (χ2v) is 3.46. The molecule has 0 saturated carbocycles. The average Bonchev–Trinajstić information content (AvgIpc) is 2.58. The number of aromatic nitrogens is 2. The van der Waals surface area contributed by atoms with E-state index in [1.54, 1.807) is 6.07 Å². The fraction of sp³-hybridized carbons (Fsp3) is 0.273. The molecule has 0 spiro atoms. The summed E-state index contributed by atoms with van der Waals surface area (Å²) >= 11 is 0. The first kappa shape index (κ1) is 9.71. The summed E-state index contributed by atoms with van der Waals surface area (Å²) in [6.07, 6.45) is 4.68. The van der Waals surface area contributed by atoms with Crippen LogP contribution >= 0.6 is 0 Å². The van der Waals surface area contributed by atoms with Crippen molar-refractivity contribution in [2.45, 2.75) is 19.8 Å². The van der Waals surface area contributed by atoms with Crippen molar-refractivity contribution in [3.8, 4) is 0 Å². The zero-order valence-electron chi connectivity index (χ0n) is 8.47. The quantitative estimate of drug-likeness (QED) is 0.824. The van der Waals surface area contributed by atoms with Gasteiger partial charge in [0.05, 0.1) is 12.1 Å². The summed E-state index contributed by atoms with van der Waals surface area (Å²) in [5.41, 5.74) is 2.67. The lowest BCUT2D eigenvalue weighted by Gasteiger charge is -1.97. The predicted octanol–water partition coefficient (Wildman–Crippen LogP) is 1.52. The highest BCUT2D eigenvalue weighted by Crippen LogP contribution is 2.08. The number of hydrogen-bond acceptors (Lipinski definition) is 2. The van der Waals surface area contributed by atoms with Gasteiger partial charge in [0, 0.05) is 12.4 Å². The molecule has 0 aromatic carbocycles. The van der Waals surface area contributed by atoms with Gasteiger partial charge in [-0.3, -0.25) is 4.79 Å². The first-order valence-electron chi connectivity index (χ1n) is 4.87. The number of fused-ring (bicyclic) bond motifs is 1. The normalized spacial score (nSPS) is 10.7. The summed E-state index contributed by atoms with van der Waals surface area (Å²) in [4.78, 5) is 14.9. The molecule has 0 radical (unpaired) electrons. The van der Waals surface area contributed by atoms with Crippen molar-refractivity contribution < 1.29 is 9.90 Å². The van der Waals surface area contributed by atoms with Gasteiger partial charge in [-0.25, -0.2) is 4.98 Å². The Balaban J connectivity index is 2.41. The lowest BCUT2D eigenvalue weighted by molar-refractivity contribution is -0.136. The van der Waals surface area contributed by atoms with Crippen molar-refractivity contribution >= 4 is 11.6 Å². The molecule has 78 valence electrons. The molecule has 15 heavy (non-hydrogen) atoms. The van der Waals surface area contributed by atoms with Crippen LogP contribution in [-0.4, -0.2) is 20.5 Å². The molecule has 0 atom stereocenters. The van der Waals surface area contributed by atoms with Gasteiger partial charge in [-0.15, -0.1) is 0 Å². The van der Waals surface area contributed by atoms with E-state index < -0.39 is 5.97 Å². The Kier molecular flexibility index (Phi) is 2.41. The van der Waals surface area contributed by atoms with Crippen LogP contribution in [0, 0.1) is 0 Å². The zero-order valence-corrected chi connectivity index (χ0v) is 8.47. The fourth-order valence-corrected chi connectivity index (χ4v) is 1.54. The molecule has 2 heterocycles. The SMILES string of the molecule is CCc1cn2cc(CC(=O)O)ccc2n1. The van der Waals surface area contributed by atoms with Crippen LogP contribution in [0.15, 0.2) is 24.5 Å². The smallest absolute Gasteiger partial charge is 0.307 e. The van der Waals surface area contributed by atoms with Gasteiger partial charge >= 0.3 is 5.97 Å². The Morgan fingerprint density at radius 3 is 2.93 bits per heavy atom. The van der Waals surface area contributed by atoms with Crippen molar-refractivity contribution in [1.82, 2.24) is 9.38 Å². The Morgan fingerprint density at radius 2 is 2.27 bits per heavy atom. The molecule has 0 unspecified atom stereocenters. The van der Waals surface area contributed by atoms with E-state index in [0.29, 0.717) is 0 Å². The van der Waals surface area contributed by atoms with E-state index >= 15 is 0 Å². The number of carboxylic acids is 1. The predicted molar refractivity (Wildman–Crippen MR) is 55.9 cm³/mol. The third kappa shape index (κ3) is 1.98. The van der Waals surface area contributed by atoms with E-state index in [1.807, 2.05) is 29.8 Å². The molecule has 2 aromatic heterocycles. The number of rotatable bonds is 3. The van der Waals surface area contributed by atoms with E-state index in [0.717, 1.165) is 23.3 Å². The minimum Gasteiger partial charge on any atom is -0.481 e. The van der Waals surface area contributed by atoms with Crippen LogP contribution in [0.2, 0.25) is 0 Å². The largest absolute Gasteiger partial charge is 0.481 e. The second kappa shape index (κ2) is 3.73. The molecule has 0 aliphatic heterocycles. The molecule has 2 aromatic rings. The van der Waals surface area contributed by atoms with Gasteiger partial charge in [-0.1, -0.05) is 13.0 Å². The number of carboxylic acid groups (broad SMARTS) is 1. The Hall–Kier alpha value is -1.84. The molecule has 0 saturated heterocycles. The van der Waals surface area contributed by atoms with E-state index in [1.165, 1.54) is 0 Å². The highest BCUT2D eigenvalue weighted by molar-refractivity contribution is 5.70. The molecule has 2 rings (SSSR count). The Bertz CT molecular complexity index is 502. The molecule has 0 bridgehead atoms. The van der Waals surface area contributed by atoms with Crippen molar-refractivity contribution in [2.75, 3.05) is 0 Å². The summed E-state index contributed by atoms with van der Waals surface area (Å²) in [5.74, 6) is -0.815. The van der Waals surface area contributed by atoms with E-state index in [-0.39, 0.29) is 6.42 Å². The maximum Gasteiger partial charge on any atom is 0.307 e. The molecule has 1 N–H and O–H groups in total. The minimum atomic E-state index is -0.815. The van der Waals surface area contributed by atoms with Crippen molar-refractivity contribution in [3.05, 3.63) is 35.8 Å². The van der Waals surface area contributed by atoms with E-state index in [2.05, 4.69) is 4.98 Å². The van der Waals surface area contributed by atoms with Gasteiger partial charge in [0.1, 0.15) is 5.65 Å². The first-order chi connectivity index (χ1) is 7.19. The number of nitrogens with zero attached hydrogens (tertiary/aromatic N) is 2. The molecular weight excluding hydrogens is 192 g/mol. The number of aryl methyl sites for hydroxylation is 1. The third-order valence-corrected chi connectivity index (χ3v) is 2.28. The van der Waals surface area contributed by atoms with Crippen molar-refractivity contribution in [3.63, 3.8) is 0 Å². The highest BCUT2D eigenvalue weighted by atomic mass is 16.4. The van der Waals surface area contributed by atoms with Crippen LogP contribution in [0.1, 0.15) is 18.2 Å². The summed E-state index contributed by atoms with van der Waals surface area (Å²) < 4.78 is 1.87. The van der Waals surface area contributed by atoms with Gasteiger partial charge in [-0.2, -0.15) is 0 Å². The molecule has 4 heteroatoms. The standard InChI is InChI=1S/C11H12N2O2/c1-2-9-7-13-6-8(5-11(14)15)3-4-10(13)12-9/h3-4,6-7H,2,5H2,1H3,(H,14,15).